The molecule has 4 aliphatic rings. The van der Waals surface area contributed by atoms with E-state index in [0.717, 1.165) is 51.4 Å². The molecule has 4 fully saturated rings. The normalized spacial score (nSPS) is 25.3. The van der Waals surface area contributed by atoms with Gasteiger partial charge in [-0.15, -0.1) is 0 Å². The molecule has 0 radical (unpaired) electrons. The summed E-state index contributed by atoms with van der Waals surface area (Å²) in [6.07, 6.45) is 24.4. The first-order valence-corrected chi connectivity index (χ1v) is 13.9. The highest BCUT2D eigenvalue weighted by molar-refractivity contribution is 5.97. The summed E-state index contributed by atoms with van der Waals surface area (Å²) in [5.41, 5.74) is 0. The third-order valence-corrected chi connectivity index (χ3v) is 8.75. The topological polar surface area (TPSA) is 40.6 Å². The van der Waals surface area contributed by atoms with Gasteiger partial charge in [0, 0.05) is 24.2 Å². The molecule has 4 saturated carbocycles. The molecule has 4 rings (SSSR count). The van der Waals surface area contributed by atoms with Gasteiger partial charge in [-0.3, -0.25) is 9.59 Å². The summed E-state index contributed by atoms with van der Waals surface area (Å²) in [7, 11) is 0. The number of amides is 2. The predicted molar refractivity (Wildman–Crippen MR) is 126 cm³/mol. The van der Waals surface area contributed by atoms with Gasteiger partial charge >= 0.3 is 0 Å². The summed E-state index contributed by atoms with van der Waals surface area (Å²) in [4.78, 5) is 31.9. The first kappa shape index (κ1) is 23.1. The van der Waals surface area contributed by atoms with Gasteiger partial charge in [0.1, 0.15) is 6.42 Å². The third kappa shape index (κ3) is 6.05. The van der Waals surface area contributed by atoms with Crippen molar-refractivity contribution < 1.29 is 9.59 Å². The average molecular weight is 431 g/mol. The number of carbonyl (C=O) groups excluding carboxylic acids is 2. The van der Waals surface area contributed by atoms with E-state index < -0.39 is 0 Å². The molecular weight excluding hydrogens is 384 g/mol. The summed E-state index contributed by atoms with van der Waals surface area (Å²) in [6, 6.07) is 1.54. The van der Waals surface area contributed by atoms with Crippen molar-refractivity contribution in [2.24, 2.45) is 0 Å². The molecular formula is C27H46N2O2. The van der Waals surface area contributed by atoms with Crippen molar-refractivity contribution in [1.29, 1.82) is 0 Å². The molecule has 0 unspecified atom stereocenters. The Kier molecular flexibility index (Phi) is 8.72. The fourth-order valence-corrected chi connectivity index (χ4v) is 7.16. The minimum Gasteiger partial charge on any atom is -0.336 e. The zero-order valence-electron chi connectivity index (χ0n) is 19.9. The van der Waals surface area contributed by atoms with E-state index in [2.05, 4.69) is 9.80 Å². The van der Waals surface area contributed by atoms with Crippen LogP contribution in [0.4, 0.5) is 0 Å². The van der Waals surface area contributed by atoms with Crippen molar-refractivity contribution in [3.63, 3.8) is 0 Å². The summed E-state index contributed by atoms with van der Waals surface area (Å²) >= 11 is 0. The molecule has 0 aromatic carbocycles. The Bertz CT molecular complexity index is 482. The molecule has 0 saturated heterocycles. The zero-order chi connectivity index (χ0) is 21.5. The van der Waals surface area contributed by atoms with Crippen LogP contribution in [-0.2, 0) is 9.59 Å². The van der Waals surface area contributed by atoms with E-state index in [1.807, 2.05) is 0 Å². The smallest absolute Gasteiger partial charge is 0.232 e. The summed E-state index contributed by atoms with van der Waals surface area (Å²) < 4.78 is 0. The van der Waals surface area contributed by atoms with Gasteiger partial charge in [0.15, 0.2) is 0 Å². The second-order valence-corrected chi connectivity index (χ2v) is 10.9. The van der Waals surface area contributed by atoms with Gasteiger partial charge in [-0.25, -0.2) is 0 Å². The Morgan fingerprint density at radius 2 is 0.645 bits per heavy atom. The number of nitrogens with zero attached hydrogens (tertiary/aromatic N) is 2. The molecule has 4 nitrogen and oxygen atoms in total. The highest BCUT2D eigenvalue weighted by Gasteiger charge is 2.37. The van der Waals surface area contributed by atoms with Gasteiger partial charge < -0.3 is 9.80 Å². The molecule has 4 aliphatic carbocycles. The van der Waals surface area contributed by atoms with E-state index in [4.69, 9.17) is 0 Å². The van der Waals surface area contributed by atoms with Gasteiger partial charge in [-0.05, 0) is 51.4 Å². The van der Waals surface area contributed by atoms with Crippen molar-refractivity contribution in [3.05, 3.63) is 0 Å². The van der Waals surface area contributed by atoms with Crippen LogP contribution in [0.2, 0.25) is 0 Å². The Morgan fingerprint density at radius 3 is 0.871 bits per heavy atom. The lowest BCUT2D eigenvalue weighted by molar-refractivity contribution is -0.148. The quantitative estimate of drug-likeness (QED) is 0.460. The van der Waals surface area contributed by atoms with E-state index in [9.17, 15) is 9.59 Å². The molecule has 0 bridgehead atoms. The molecule has 0 heterocycles. The van der Waals surface area contributed by atoms with E-state index in [1.54, 1.807) is 0 Å². The Hall–Kier alpha value is -1.06. The van der Waals surface area contributed by atoms with E-state index in [0.29, 0.717) is 24.2 Å². The van der Waals surface area contributed by atoms with Gasteiger partial charge in [-0.1, -0.05) is 77.0 Å². The van der Waals surface area contributed by atoms with E-state index in [-0.39, 0.29) is 18.2 Å². The van der Waals surface area contributed by atoms with Crippen molar-refractivity contribution in [1.82, 2.24) is 9.80 Å². The van der Waals surface area contributed by atoms with Crippen LogP contribution in [-0.4, -0.2) is 45.8 Å². The lowest BCUT2D eigenvalue weighted by Gasteiger charge is -2.44. The lowest BCUT2D eigenvalue weighted by Crippen LogP contribution is -2.53. The van der Waals surface area contributed by atoms with Crippen LogP contribution < -0.4 is 0 Å². The number of carbonyl (C=O) groups is 2. The van der Waals surface area contributed by atoms with Crippen LogP contribution in [0.5, 0.6) is 0 Å². The summed E-state index contributed by atoms with van der Waals surface area (Å²) in [6.45, 7) is 0. The number of hydrogen-bond acceptors (Lipinski definition) is 2. The molecule has 2 amide bonds. The molecule has 31 heavy (non-hydrogen) atoms. The van der Waals surface area contributed by atoms with Crippen molar-refractivity contribution >= 4 is 11.8 Å². The van der Waals surface area contributed by atoms with Crippen LogP contribution in [0, 0.1) is 0 Å². The van der Waals surface area contributed by atoms with Crippen LogP contribution in [0.1, 0.15) is 135 Å². The molecule has 0 N–H and O–H groups in total. The predicted octanol–water partition coefficient (Wildman–Crippen LogP) is 6.36. The van der Waals surface area contributed by atoms with Crippen molar-refractivity contribution in [3.8, 4) is 0 Å². The minimum absolute atomic E-state index is 0.125. The minimum atomic E-state index is 0.125. The molecule has 176 valence electrons. The second kappa shape index (κ2) is 11.7. The highest BCUT2D eigenvalue weighted by atomic mass is 16.2. The summed E-state index contributed by atoms with van der Waals surface area (Å²) in [5.74, 6) is 0.306. The fourth-order valence-electron chi connectivity index (χ4n) is 7.16. The summed E-state index contributed by atoms with van der Waals surface area (Å²) in [5, 5.41) is 0. The molecule has 0 aromatic heterocycles. The maximum atomic E-state index is 13.7. The van der Waals surface area contributed by atoms with Crippen molar-refractivity contribution in [2.75, 3.05) is 0 Å². The lowest BCUT2D eigenvalue weighted by atomic mass is 9.87. The van der Waals surface area contributed by atoms with Crippen LogP contribution >= 0.6 is 0 Å². The van der Waals surface area contributed by atoms with E-state index >= 15 is 0 Å². The number of rotatable bonds is 6. The highest BCUT2D eigenvalue weighted by Crippen LogP contribution is 2.33. The number of hydrogen-bond donors (Lipinski definition) is 0. The fraction of sp³-hybridized carbons (Fsp3) is 0.926. The average Bonchev–Trinajstić information content (AvgIpc) is 2.82. The standard InChI is InChI=1S/C27H46N2O2/c30-26(28(22-13-5-1-6-14-22)23-15-7-2-8-16-23)21-27(31)29(24-17-9-3-10-18-24)25-19-11-4-12-20-25/h22-25H,1-21H2. The van der Waals surface area contributed by atoms with Gasteiger partial charge in [0.2, 0.25) is 11.8 Å². The SMILES string of the molecule is O=C(CC(=O)N(C1CCCCC1)C1CCCCC1)N(C1CCCCC1)C1CCCCC1. The van der Waals surface area contributed by atoms with Gasteiger partial charge in [-0.2, -0.15) is 0 Å². The maximum Gasteiger partial charge on any atom is 0.232 e. The van der Waals surface area contributed by atoms with Gasteiger partial charge in [0.25, 0.3) is 0 Å². The monoisotopic (exact) mass is 430 g/mol. The largest absolute Gasteiger partial charge is 0.336 e. The Balaban J connectivity index is 1.47. The third-order valence-electron chi connectivity index (χ3n) is 8.75. The molecule has 0 aliphatic heterocycles. The second-order valence-electron chi connectivity index (χ2n) is 10.9. The molecule has 0 aromatic rings. The zero-order valence-corrected chi connectivity index (χ0v) is 19.9. The Morgan fingerprint density at radius 1 is 0.419 bits per heavy atom. The maximum absolute atomic E-state index is 13.7. The van der Waals surface area contributed by atoms with E-state index in [1.165, 1.54) is 77.0 Å². The van der Waals surface area contributed by atoms with Gasteiger partial charge in [0.05, 0.1) is 0 Å². The van der Waals surface area contributed by atoms with Crippen LogP contribution in [0.15, 0.2) is 0 Å². The van der Waals surface area contributed by atoms with Crippen LogP contribution in [0.3, 0.4) is 0 Å². The van der Waals surface area contributed by atoms with Crippen molar-refractivity contribution in [2.45, 2.75) is 159 Å². The molecule has 0 spiro atoms. The molecule has 4 heteroatoms. The first-order chi connectivity index (χ1) is 15.2. The Labute approximate surface area is 190 Å². The van der Waals surface area contributed by atoms with Crippen LogP contribution in [0.25, 0.3) is 0 Å². The first-order valence-electron chi connectivity index (χ1n) is 13.9. The molecule has 0 atom stereocenters.